The maximum atomic E-state index is 4.10. The number of nitrogens with zero attached hydrogens (tertiary/aromatic N) is 2. The zero-order chi connectivity index (χ0) is 7.56. The number of aryl methyl sites for hydroxylation is 1. The summed E-state index contributed by atoms with van der Waals surface area (Å²) in [5.41, 5.74) is 1.34. The highest BCUT2D eigenvalue weighted by Gasteiger charge is 2.03. The largest absolute Gasteiger partial charge is 0.276 e. The SMILES string of the molecule is CCC(C)c1cnn(C)c1. The van der Waals surface area contributed by atoms with E-state index in [1.165, 1.54) is 12.0 Å². The van der Waals surface area contributed by atoms with Gasteiger partial charge in [0.15, 0.2) is 0 Å². The molecule has 0 aliphatic carbocycles. The van der Waals surface area contributed by atoms with Crippen molar-refractivity contribution < 1.29 is 0 Å². The van der Waals surface area contributed by atoms with E-state index < -0.39 is 0 Å². The van der Waals surface area contributed by atoms with Gasteiger partial charge >= 0.3 is 0 Å². The lowest BCUT2D eigenvalue weighted by molar-refractivity contribution is 0.728. The van der Waals surface area contributed by atoms with Gasteiger partial charge in [0, 0.05) is 13.2 Å². The lowest BCUT2D eigenvalue weighted by atomic mass is 10.0. The first-order valence-electron chi connectivity index (χ1n) is 3.72. The van der Waals surface area contributed by atoms with Gasteiger partial charge in [-0.25, -0.2) is 0 Å². The van der Waals surface area contributed by atoms with Gasteiger partial charge in [-0.2, -0.15) is 5.10 Å². The minimum atomic E-state index is 0.647. The molecule has 0 aliphatic heterocycles. The quantitative estimate of drug-likeness (QED) is 0.610. The fourth-order valence-corrected chi connectivity index (χ4v) is 0.930. The van der Waals surface area contributed by atoms with Gasteiger partial charge in [0.2, 0.25) is 0 Å². The highest BCUT2D eigenvalue weighted by molar-refractivity contribution is 5.09. The molecule has 1 atom stereocenters. The molecule has 1 aromatic rings. The summed E-state index contributed by atoms with van der Waals surface area (Å²) in [6.07, 6.45) is 5.20. The van der Waals surface area contributed by atoms with Crippen molar-refractivity contribution in [3.63, 3.8) is 0 Å². The van der Waals surface area contributed by atoms with Crippen molar-refractivity contribution in [2.45, 2.75) is 26.2 Å². The molecule has 0 aliphatic rings. The Morgan fingerprint density at radius 2 is 2.40 bits per heavy atom. The van der Waals surface area contributed by atoms with E-state index in [2.05, 4.69) is 25.1 Å². The summed E-state index contributed by atoms with van der Waals surface area (Å²) in [5.74, 6) is 0.647. The first-order chi connectivity index (χ1) is 4.74. The van der Waals surface area contributed by atoms with Crippen LogP contribution in [-0.2, 0) is 7.05 Å². The van der Waals surface area contributed by atoms with Crippen LogP contribution in [0.5, 0.6) is 0 Å². The van der Waals surface area contributed by atoms with E-state index in [0.717, 1.165) is 0 Å². The van der Waals surface area contributed by atoms with E-state index in [4.69, 9.17) is 0 Å². The van der Waals surface area contributed by atoms with Gasteiger partial charge in [-0.05, 0) is 17.9 Å². The Morgan fingerprint density at radius 3 is 2.80 bits per heavy atom. The van der Waals surface area contributed by atoms with E-state index in [0.29, 0.717) is 5.92 Å². The average Bonchev–Trinajstić information content (AvgIpc) is 2.34. The molecule has 1 rings (SSSR count). The topological polar surface area (TPSA) is 17.8 Å². The number of hydrogen-bond acceptors (Lipinski definition) is 1. The summed E-state index contributed by atoms with van der Waals surface area (Å²) < 4.78 is 1.85. The summed E-state index contributed by atoms with van der Waals surface area (Å²) in [5, 5.41) is 4.10. The van der Waals surface area contributed by atoms with Crippen LogP contribution in [0.25, 0.3) is 0 Å². The van der Waals surface area contributed by atoms with Crippen molar-refractivity contribution in [2.24, 2.45) is 7.05 Å². The summed E-state index contributed by atoms with van der Waals surface area (Å²) in [6.45, 7) is 4.41. The molecule has 10 heavy (non-hydrogen) atoms. The molecule has 0 amide bonds. The van der Waals surface area contributed by atoms with Crippen molar-refractivity contribution in [3.8, 4) is 0 Å². The second kappa shape index (κ2) is 2.86. The van der Waals surface area contributed by atoms with E-state index in [9.17, 15) is 0 Å². The molecule has 1 unspecified atom stereocenters. The molecule has 0 saturated carbocycles. The number of rotatable bonds is 2. The van der Waals surface area contributed by atoms with Gasteiger partial charge in [0.1, 0.15) is 0 Å². The van der Waals surface area contributed by atoms with Crippen LogP contribution < -0.4 is 0 Å². The standard InChI is InChI=1S/C8H14N2/c1-4-7(2)8-5-9-10(3)6-8/h5-7H,4H2,1-3H3. The van der Waals surface area contributed by atoms with Crippen LogP contribution in [0.3, 0.4) is 0 Å². The van der Waals surface area contributed by atoms with Crippen LogP contribution in [0.4, 0.5) is 0 Å². The van der Waals surface area contributed by atoms with Gasteiger partial charge in [-0.15, -0.1) is 0 Å². The molecular formula is C8H14N2. The summed E-state index contributed by atoms with van der Waals surface area (Å²) in [7, 11) is 1.95. The predicted molar refractivity (Wildman–Crippen MR) is 41.9 cm³/mol. The monoisotopic (exact) mass is 138 g/mol. The Hall–Kier alpha value is -0.790. The van der Waals surface area contributed by atoms with Crippen molar-refractivity contribution >= 4 is 0 Å². The highest BCUT2D eigenvalue weighted by Crippen LogP contribution is 2.16. The van der Waals surface area contributed by atoms with Crippen molar-refractivity contribution in [1.29, 1.82) is 0 Å². The zero-order valence-corrected chi connectivity index (χ0v) is 6.83. The third-order valence-corrected chi connectivity index (χ3v) is 1.91. The Kier molecular flexibility index (Phi) is 2.10. The van der Waals surface area contributed by atoms with Crippen LogP contribution in [0, 0.1) is 0 Å². The molecule has 0 N–H and O–H groups in total. The van der Waals surface area contributed by atoms with Gasteiger partial charge in [-0.1, -0.05) is 13.8 Å². The molecule has 0 radical (unpaired) electrons. The van der Waals surface area contributed by atoms with Crippen molar-refractivity contribution in [2.75, 3.05) is 0 Å². The molecule has 2 heteroatoms. The normalized spacial score (nSPS) is 13.5. The van der Waals surface area contributed by atoms with Crippen LogP contribution in [-0.4, -0.2) is 9.78 Å². The first kappa shape index (κ1) is 7.32. The average molecular weight is 138 g/mol. The molecule has 0 spiro atoms. The second-order valence-electron chi connectivity index (χ2n) is 2.76. The van der Waals surface area contributed by atoms with Crippen molar-refractivity contribution in [3.05, 3.63) is 18.0 Å². The highest BCUT2D eigenvalue weighted by atomic mass is 15.2. The Morgan fingerprint density at radius 1 is 1.70 bits per heavy atom. The predicted octanol–water partition coefficient (Wildman–Crippen LogP) is 1.93. The van der Waals surface area contributed by atoms with Gasteiger partial charge in [-0.3, -0.25) is 4.68 Å². The fraction of sp³-hybridized carbons (Fsp3) is 0.625. The van der Waals surface area contributed by atoms with Gasteiger partial charge in [0.05, 0.1) is 6.20 Å². The molecule has 0 bridgehead atoms. The number of aromatic nitrogens is 2. The lowest BCUT2D eigenvalue weighted by Crippen LogP contribution is -1.88. The van der Waals surface area contributed by atoms with Crippen LogP contribution in [0.2, 0.25) is 0 Å². The number of hydrogen-bond donors (Lipinski definition) is 0. The van der Waals surface area contributed by atoms with E-state index >= 15 is 0 Å². The molecule has 56 valence electrons. The summed E-state index contributed by atoms with van der Waals surface area (Å²) in [6, 6.07) is 0. The van der Waals surface area contributed by atoms with Gasteiger partial charge in [0.25, 0.3) is 0 Å². The minimum absolute atomic E-state index is 0.647. The molecule has 0 aromatic carbocycles. The molecular weight excluding hydrogens is 124 g/mol. The smallest absolute Gasteiger partial charge is 0.0524 e. The fourth-order valence-electron chi connectivity index (χ4n) is 0.930. The van der Waals surface area contributed by atoms with E-state index in [-0.39, 0.29) is 0 Å². The third kappa shape index (κ3) is 1.38. The molecule has 1 aromatic heterocycles. The Labute approximate surface area is 61.9 Å². The Bertz CT molecular complexity index is 203. The van der Waals surface area contributed by atoms with Crippen LogP contribution in [0.1, 0.15) is 31.7 Å². The van der Waals surface area contributed by atoms with Crippen LogP contribution in [0.15, 0.2) is 12.4 Å². The lowest BCUT2D eigenvalue weighted by Gasteiger charge is -2.02. The molecule has 0 saturated heterocycles. The first-order valence-corrected chi connectivity index (χ1v) is 3.72. The summed E-state index contributed by atoms with van der Waals surface area (Å²) >= 11 is 0. The Balaban J connectivity index is 2.74. The van der Waals surface area contributed by atoms with Crippen molar-refractivity contribution in [1.82, 2.24) is 9.78 Å². The second-order valence-corrected chi connectivity index (χ2v) is 2.76. The van der Waals surface area contributed by atoms with Gasteiger partial charge < -0.3 is 0 Å². The molecule has 2 nitrogen and oxygen atoms in total. The maximum Gasteiger partial charge on any atom is 0.0524 e. The van der Waals surface area contributed by atoms with E-state index in [1.807, 2.05) is 17.9 Å². The molecule has 1 heterocycles. The van der Waals surface area contributed by atoms with E-state index in [1.54, 1.807) is 0 Å². The molecule has 0 fully saturated rings. The van der Waals surface area contributed by atoms with Crippen LogP contribution >= 0.6 is 0 Å². The maximum absolute atomic E-state index is 4.10. The summed E-state index contributed by atoms with van der Waals surface area (Å²) in [4.78, 5) is 0. The minimum Gasteiger partial charge on any atom is -0.276 e. The zero-order valence-electron chi connectivity index (χ0n) is 6.83. The third-order valence-electron chi connectivity index (χ3n) is 1.91.